The number of nitrogens with zero attached hydrogens (tertiary/aromatic N) is 3. The average Bonchev–Trinajstić information content (AvgIpc) is 2.49. The number of anilines is 3. The monoisotopic (exact) mass is 344 g/mol. The topological polar surface area (TPSA) is 88.8 Å². The highest BCUT2D eigenvalue weighted by atomic mass is 79.9. The fraction of sp³-hybridized carbons (Fsp3) is 0.0714. The van der Waals surface area contributed by atoms with E-state index in [2.05, 4.69) is 41.6 Å². The van der Waals surface area contributed by atoms with Crippen LogP contribution in [0.5, 0.6) is 0 Å². The fourth-order valence-electron chi connectivity index (χ4n) is 2.08. The Morgan fingerprint density at radius 1 is 1.14 bits per heavy atom. The van der Waals surface area contributed by atoms with Crippen LogP contribution in [-0.4, -0.2) is 15.0 Å². The van der Waals surface area contributed by atoms with E-state index in [9.17, 15) is 0 Å². The van der Waals surface area contributed by atoms with Crippen molar-refractivity contribution in [3.63, 3.8) is 0 Å². The van der Waals surface area contributed by atoms with Crippen molar-refractivity contribution < 1.29 is 0 Å². The molecule has 3 aromatic rings. The minimum Gasteiger partial charge on any atom is -0.338 e. The number of nitrogens with one attached hydrogen (secondary N) is 2. The highest BCUT2D eigenvalue weighted by molar-refractivity contribution is 9.10. The molecule has 0 saturated carbocycles. The quantitative estimate of drug-likeness (QED) is 0.499. The minimum atomic E-state index is 0.587. The van der Waals surface area contributed by atoms with Crippen LogP contribution < -0.4 is 16.6 Å². The van der Waals surface area contributed by atoms with Crippen molar-refractivity contribution in [2.24, 2.45) is 5.84 Å². The summed E-state index contributed by atoms with van der Waals surface area (Å²) in [7, 11) is 0. The second kappa shape index (κ2) is 5.63. The Bertz CT molecular complexity index is 805. The molecule has 2 heterocycles. The summed E-state index contributed by atoms with van der Waals surface area (Å²) in [5.41, 5.74) is 5.15. The van der Waals surface area contributed by atoms with Gasteiger partial charge in [-0.1, -0.05) is 12.1 Å². The van der Waals surface area contributed by atoms with E-state index in [0.29, 0.717) is 11.6 Å². The van der Waals surface area contributed by atoms with Crippen molar-refractivity contribution >= 4 is 44.2 Å². The zero-order valence-electron chi connectivity index (χ0n) is 11.3. The van der Waals surface area contributed by atoms with Gasteiger partial charge in [-0.25, -0.2) is 15.8 Å². The Morgan fingerprint density at radius 2 is 1.95 bits per heavy atom. The second-order valence-electron chi connectivity index (χ2n) is 4.50. The van der Waals surface area contributed by atoms with Gasteiger partial charge in [0.05, 0.1) is 11.2 Å². The van der Waals surface area contributed by atoms with Gasteiger partial charge in [0.15, 0.2) is 0 Å². The predicted octanol–water partition coefficient (Wildman–Crippen LogP) is 3.12. The van der Waals surface area contributed by atoms with Crippen molar-refractivity contribution in [3.05, 3.63) is 46.8 Å². The lowest BCUT2D eigenvalue weighted by Crippen LogP contribution is -2.11. The van der Waals surface area contributed by atoms with E-state index >= 15 is 0 Å². The molecule has 0 atom stereocenters. The van der Waals surface area contributed by atoms with E-state index in [4.69, 9.17) is 5.84 Å². The Kier molecular flexibility index (Phi) is 3.68. The highest BCUT2D eigenvalue weighted by Gasteiger charge is 2.09. The van der Waals surface area contributed by atoms with Crippen LogP contribution in [0.15, 0.2) is 41.3 Å². The number of hydrogen-bond donors (Lipinski definition) is 3. The number of benzene rings is 1. The number of hydrazine groups is 1. The first kappa shape index (κ1) is 13.7. The van der Waals surface area contributed by atoms with E-state index < -0.39 is 0 Å². The van der Waals surface area contributed by atoms with Crippen LogP contribution in [0.4, 0.5) is 17.3 Å². The first-order valence-corrected chi connectivity index (χ1v) is 7.08. The smallest absolute Gasteiger partial charge is 0.148 e. The number of nitrogens with two attached hydrogens (primary N) is 1. The summed E-state index contributed by atoms with van der Waals surface area (Å²) in [6.07, 6.45) is 3.23. The third-order valence-corrected chi connectivity index (χ3v) is 3.59. The van der Waals surface area contributed by atoms with Crippen molar-refractivity contribution in [2.75, 3.05) is 10.7 Å². The van der Waals surface area contributed by atoms with Gasteiger partial charge in [-0.05, 0) is 35.0 Å². The molecule has 2 aromatic heterocycles. The Hall–Kier alpha value is -2.25. The lowest BCUT2D eigenvalue weighted by molar-refractivity contribution is 1.11. The Morgan fingerprint density at radius 3 is 2.76 bits per heavy atom. The summed E-state index contributed by atoms with van der Waals surface area (Å²) in [5.74, 6) is 6.71. The summed E-state index contributed by atoms with van der Waals surface area (Å²) in [6, 6.07) is 7.96. The number of pyridine rings is 1. The molecular formula is C14H13BrN6. The largest absolute Gasteiger partial charge is 0.338 e. The summed E-state index contributed by atoms with van der Waals surface area (Å²) in [5, 5.41) is 4.32. The van der Waals surface area contributed by atoms with Crippen LogP contribution in [0.25, 0.3) is 10.9 Å². The van der Waals surface area contributed by atoms with Gasteiger partial charge in [-0.2, -0.15) is 0 Å². The van der Waals surface area contributed by atoms with Gasteiger partial charge in [0.25, 0.3) is 0 Å². The lowest BCUT2D eigenvalue weighted by Gasteiger charge is -2.12. The number of fused-ring (bicyclic) bond motifs is 1. The van der Waals surface area contributed by atoms with Gasteiger partial charge < -0.3 is 10.7 Å². The zero-order chi connectivity index (χ0) is 14.8. The predicted molar refractivity (Wildman–Crippen MR) is 87.3 cm³/mol. The molecule has 0 saturated heterocycles. The third-order valence-electron chi connectivity index (χ3n) is 3.15. The molecule has 7 heteroatoms. The standard InChI is InChI=1S/C14H13BrN6/c1-8-13(18-7-19-14(8)21-16)20-11-4-2-3-9-5-10(15)6-17-12(9)11/h2-7H,16H2,1H3,(H2,18,19,20,21). The van der Waals surface area contributed by atoms with E-state index in [1.807, 2.05) is 31.2 Å². The average molecular weight is 345 g/mol. The summed E-state index contributed by atoms with van der Waals surface area (Å²) in [6.45, 7) is 1.90. The normalized spacial score (nSPS) is 10.6. The van der Waals surface area contributed by atoms with E-state index in [0.717, 1.165) is 26.6 Å². The SMILES string of the molecule is Cc1c(NN)ncnc1Nc1cccc2cc(Br)cnc12. The first-order valence-electron chi connectivity index (χ1n) is 6.28. The molecule has 4 N–H and O–H groups in total. The maximum Gasteiger partial charge on any atom is 0.148 e. The summed E-state index contributed by atoms with van der Waals surface area (Å²) < 4.78 is 0.944. The fourth-order valence-corrected chi connectivity index (χ4v) is 2.43. The number of halogens is 1. The van der Waals surface area contributed by atoms with Crippen LogP contribution in [0.3, 0.4) is 0 Å². The maximum atomic E-state index is 5.43. The summed E-state index contributed by atoms with van der Waals surface area (Å²) in [4.78, 5) is 12.8. The van der Waals surface area contributed by atoms with Gasteiger partial charge in [-0.3, -0.25) is 4.98 Å². The van der Waals surface area contributed by atoms with Crippen LogP contribution in [0.2, 0.25) is 0 Å². The summed E-state index contributed by atoms with van der Waals surface area (Å²) >= 11 is 3.43. The Labute approximate surface area is 129 Å². The molecule has 1 aromatic carbocycles. The third kappa shape index (κ3) is 2.65. The molecular weight excluding hydrogens is 332 g/mol. The van der Waals surface area contributed by atoms with Gasteiger partial charge in [0.1, 0.15) is 18.0 Å². The van der Waals surface area contributed by atoms with Crippen molar-refractivity contribution in [2.45, 2.75) is 6.92 Å². The molecule has 0 spiro atoms. The molecule has 0 radical (unpaired) electrons. The van der Waals surface area contributed by atoms with Crippen LogP contribution in [0.1, 0.15) is 5.56 Å². The minimum absolute atomic E-state index is 0.587. The van der Waals surface area contributed by atoms with Gasteiger partial charge in [0.2, 0.25) is 0 Å². The van der Waals surface area contributed by atoms with Gasteiger partial charge >= 0.3 is 0 Å². The Balaban J connectivity index is 2.06. The van der Waals surface area contributed by atoms with Gasteiger partial charge in [-0.15, -0.1) is 0 Å². The van der Waals surface area contributed by atoms with E-state index in [1.165, 1.54) is 6.33 Å². The first-order chi connectivity index (χ1) is 10.2. The molecule has 0 aliphatic rings. The molecule has 0 fully saturated rings. The number of hydrogen-bond acceptors (Lipinski definition) is 6. The molecule has 0 aliphatic carbocycles. The van der Waals surface area contributed by atoms with E-state index in [1.54, 1.807) is 6.20 Å². The second-order valence-corrected chi connectivity index (χ2v) is 5.41. The molecule has 0 bridgehead atoms. The molecule has 0 unspecified atom stereocenters. The highest BCUT2D eigenvalue weighted by Crippen LogP contribution is 2.28. The number of aromatic nitrogens is 3. The van der Waals surface area contributed by atoms with Crippen molar-refractivity contribution in [1.82, 2.24) is 15.0 Å². The molecule has 0 aliphatic heterocycles. The van der Waals surface area contributed by atoms with Crippen LogP contribution in [-0.2, 0) is 0 Å². The van der Waals surface area contributed by atoms with Crippen molar-refractivity contribution in [3.8, 4) is 0 Å². The lowest BCUT2D eigenvalue weighted by atomic mass is 10.2. The molecule has 106 valence electrons. The number of rotatable bonds is 3. The van der Waals surface area contributed by atoms with Crippen LogP contribution in [0, 0.1) is 6.92 Å². The zero-order valence-corrected chi connectivity index (χ0v) is 12.8. The van der Waals surface area contributed by atoms with Crippen LogP contribution >= 0.6 is 15.9 Å². The number of nitrogen functional groups attached to an aromatic ring is 1. The van der Waals surface area contributed by atoms with Crippen molar-refractivity contribution in [1.29, 1.82) is 0 Å². The maximum absolute atomic E-state index is 5.43. The molecule has 6 nitrogen and oxygen atoms in total. The number of para-hydroxylation sites is 1. The molecule has 21 heavy (non-hydrogen) atoms. The van der Waals surface area contributed by atoms with Gasteiger partial charge in [0, 0.05) is 21.6 Å². The molecule has 3 rings (SSSR count). The molecule has 0 amide bonds. The van der Waals surface area contributed by atoms with E-state index in [-0.39, 0.29) is 0 Å².